The van der Waals surface area contributed by atoms with E-state index in [1.54, 1.807) is 0 Å². The lowest BCUT2D eigenvalue weighted by molar-refractivity contribution is -0.0198. The van der Waals surface area contributed by atoms with Crippen LogP contribution in [-0.4, -0.2) is 41.2 Å². The number of carbonyl (C=O) groups excluding carboxylic acids is 1. The van der Waals surface area contributed by atoms with Gasteiger partial charge in [0.1, 0.15) is 5.60 Å². The molecule has 1 fully saturated rings. The average Bonchev–Trinajstić information content (AvgIpc) is 2.07. The van der Waals surface area contributed by atoms with Crippen LogP contribution in [0, 0.1) is 5.92 Å². The largest absolute Gasteiger partial charge is 0.444 e. The van der Waals surface area contributed by atoms with Crippen molar-refractivity contribution < 1.29 is 9.53 Å². The molecule has 0 saturated carbocycles. The van der Waals surface area contributed by atoms with E-state index >= 15 is 0 Å². The molecule has 0 aliphatic carbocycles. The molecular weight excluding hydrogens is 210 g/mol. The van der Waals surface area contributed by atoms with Crippen molar-refractivity contribution in [2.75, 3.05) is 18.6 Å². The Morgan fingerprint density at radius 1 is 1.53 bits per heavy atom. The van der Waals surface area contributed by atoms with Gasteiger partial charge in [0.15, 0.2) is 0 Å². The van der Waals surface area contributed by atoms with Crippen LogP contribution >= 0.6 is 11.8 Å². The first-order chi connectivity index (χ1) is 6.85. The molecule has 1 rings (SSSR count). The van der Waals surface area contributed by atoms with E-state index in [-0.39, 0.29) is 11.7 Å². The number of nitrogens with zero attached hydrogens (tertiary/aromatic N) is 1. The SMILES string of the molecule is CSC[C@H]1CN(C(=O)OC(C)(C)C)[C@@H]1C. The van der Waals surface area contributed by atoms with E-state index < -0.39 is 0 Å². The number of ether oxygens (including phenoxy) is 1. The molecule has 1 saturated heterocycles. The van der Waals surface area contributed by atoms with Crippen molar-refractivity contribution in [3.63, 3.8) is 0 Å². The van der Waals surface area contributed by atoms with E-state index in [0.29, 0.717) is 12.0 Å². The molecule has 1 aliphatic rings. The maximum atomic E-state index is 11.7. The van der Waals surface area contributed by atoms with Gasteiger partial charge in [-0.05, 0) is 39.7 Å². The lowest BCUT2D eigenvalue weighted by Gasteiger charge is -2.46. The average molecular weight is 231 g/mol. The lowest BCUT2D eigenvalue weighted by Crippen LogP contribution is -2.58. The summed E-state index contributed by atoms with van der Waals surface area (Å²) in [6.45, 7) is 8.63. The van der Waals surface area contributed by atoms with Crippen LogP contribution in [0.3, 0.4) is 0 Å². The van der Waals surface area contributed by atoms with Gasteiger partial charge in [0, 0.05) is 18.5 Å². The predicted octanol–water partition coefficient (Wildman–Crippen LogP) is 2.60. The highest BCUT2D eigenvalue weighted by Crippen LogP contribution is 2.28. The molecule has 0 unspecified atom stereocenters. The molecule has 0 aromatic rings. The summed E-state index contributed by atoms with van der Waals surface area (Å²) in [5, 5.41) is 0. The molecule has 1 amide bonds. The van der Waals surface area contributed by atoms with Gasteiger partial charge in [0.2, 0.25) is 0 Å². The van der Waals surface area contributed by atoms with Crippen LogP contribution in [0.2, 0.25) is 0 Å². The quantitative estimate of drug-likeness (QED) is 0.731. The van der Waals surface area contributed by atoms with Crippen LogP contribution in [-0.2, 0) is 4.74 Å². The molecule has 15 heavy (non-hydrogen) atoms. The topological polar surface area (TPSA) is 29.5 Å². The predicted molar refractivity (Wildman–Crippen MR) is 64.3 cm³/mol. The second-order valence-corrected chi connectivity index (χ2v) is 6.00. The number of carbonyl (C=O) groups is 1. The summed E-state index contributed by atoms with van der Waals surface area (Å²) in [4.78, 5) is 13.5. The number of rotatable bonds is 2. The first kappa shape index (κ1) is 12.7. The number of thioether (sulfide) groups is 1. The van der Waals surface area contributed by atoms with Crippen LogP contribution in [0.1, 0.15) is 27.7 Å². The maximum absolute atomic E-state index is 11.7. The zero-order chi connectivity index (χ0) is 11.6. The van der Waals surface area contributed by atoms with Gasteiger partial charge in [-0.1, -0.05) is 0 Å². The number of likely N-dealkylation sites (tertiary alicyclic amines) is 1. The Balaban J connectivity index is 2.39. The molecule has 3 nitrogen and oxygen atoms in total. The molecule has 0 aromatic heterocycles. The summed E-state index contributed by atoms with van der Waals surface area (Å²) in [6, 6.07) is 0.326. The van der Waals surface area contributed by atoms with Crippen LogP contribution in [0.15, 0.2) is 0 Å². The van der Waals surface area contributed by atoms with E-state index in [4.69, 9.17) is 4.74 Å². The highest BCUT2D eigenvalue weighted by atomic mass is 32.2. The van der Waals surface area contributed by atoms with Crippen molar-refractivity contribution in [2.45, 2.75) is 39.3 Å². The molecule has 0 spiro atoms. The Labute approximate surface area is 96.5 Å². The van der Waals surface area contributed by atoms with E-state index in [0.717, 1.165) is 12.3 Å². The van der Waals surface area contributed by atoms with E-state index in [1.165, 1.54) is 0 Å². The monoisotopic (exact) mass is 231 g/mol. The van der Waals surface area contributed by atoms with Crippen molar-refractivity contribution >= 4 is 17.9 Å². The highest BCUT2D eigenvalue weighted by molar-refractivity contribution is 7.98. The first-order valence-corrected chi connectivity index (χ1v) is 6.73. The molecule has 4 heteroatoms. The molecule has 0 bridgehead atoms. The number of hydrogen-bond donors (Lipinski definition) is 0. The van der Waals surface area contributed by atoms with Gasteiger partial charge in [-0.25, -0.2) is 4.79 Å². The third-order valence-electron chi connectivity index (χ3n) is 2.61. The minimum absolute atomic E-state index is 0.174. The van der Waals surface area contributed by atoms with Gasteiger partial charge in [0.05, 0.1) is 0 Å². The third-order valence-corrected chi connectivity index (χ3v) is 3.38. The normalized spacial score (nSPS) is 26.1. The Bertz CT molecular complexity index is 237. The minimum Gasteiger partial charge on any atom is -0.444 e. The van der Waals surface area contributed by atoms with Crippen molar-refractivity contribution in [2.24, 2.45) is 5.92 Å². The second-order valence-electron chi connectivity index (χ2n) is 5.09. The number of hydrogen-bond acceptors (Lipinski definition) is 3. The summed E-state index contributed by atoms with van der Waals surface area (Å²) in [5.41, 5.74) is -0.388. The first-order valence-electron chi connectivity index (χ1n) is 5.33. The highest BCUT2D eigenvalue weighted by Gasteiger charge is 2.40. The molecule has 0 N–H and O–H groups in total. The Kier molecular flexibility index (Phi) is 3.93. The zero-order valence-corrected chi connectivity index (χ0v) is 11.1. The zero-order valence-electron chi connectivity index (χ0n) is 10.2. The molecule has 88 valence electrons. The van der Waals surface area contributed by atoms with Crippen molar-refractivity contribution in [1.82, 2.24) is 4.90 Å². The molecule has 0 radical (unpaired) electrons. The molecule has 1 heterocycles. The summed E-state index contributed by atoms with van der Waals surface area (Å²) in [5.74, 6) is 1.76. The Morgan fingerprint density at radius 2 is 2.13 bits per heavy atom. The lowest BCUT2D eigenvalue weighted by atomic mass is 9.92. The van der Waals surface area contributed by atoms with Gasteiger partial charge >= 0.3 is 6.09 Å². The summed E-state index contributed by atoms with van der Waals surface area (Å²) < 4.78 is 5.32. The number of amides is 1. The smallest absolute Gasteiger partial charge is 0.410 e. The van der Waals surface area contributed by atoms with Gasteiger partial charge in [-0.2, -0.15) is 11.8 Å². The fourth-order valence-corrected chi connectivity index (χ4v) is 2.47. The van der Waals surface area contributed by atoms with Crippen molar-refractivity contribution in [3.8, 4) is 0 Å². The summed E-state index contributed by atoms with van der Waals surface area (Å²) in [7, 11) is 0. The van der Waals surface area contributed by atoms with Crippen LogP contribution in [0.5, 0.6) is 0 Å². The fraction of sp³-hybridized carbons (Fsp3) is 0.909. The van der Waals surface area contributed by atoms with E-state index in [2.05, 4.69) is 13.2 Å². The molecule has 2 atom stereocenters. The Hall–Kier alpha value is -0.380. The minimum atomic E-state index is -0.388. The fourth-order valence-electron chi connectivity index (χ4n) is 1.66. The van der Waals surface area contributed by atoms with E-state index in [1.807, 2.05) is 37.4 Å². The molecular formula is C11H21NO2S. The molecule has 1 aliphatic heterocycles. The third kappa shape index (κ3) is 3.30. The van der Waals surface area contributed by atoms with E-state index in [9.17, 15) is 4.79 Å². The van der Waals surface area contributed by atoms with Crippen LogP contribution in [0.4, 0.5) is 4.79 Å². The van der Waals surface area contributed by atoms with Gasteiger partial charge in [-0.15, -0.1) is 0 Å². The van der Waals surface area contributed by atoms with Crippen LogP contribution < -0.4 is 0 Å². The van der Waals surface area contributed by atoms with Gasteiger partial charge in [-0.3, -0.25) is 0 Å². The maximum Gasteiger partial charge on any atom is 0.410 e. The second kappa shape index (κ2) is 4.64. The standard InChI is InChI=1S/C11H21NO2S/c1-8-9(7-15-5)6-12(8)10(13)14-11(2,3)4/h8-9H,6-7H2,1-5H3/t8-,9-/m1/s1. The van der Waals surface area contributed by atoms with Crippen molar-refractivity contribution in [3.05, 3.63) is 0 Å². The Morgan fingerprint density at radius 3 is 2.53 bits per heavy atom. The summed E-state index contributed by atoms with van der Waals surface area (Å²) in [6.07, 6.45) is 1.93. The van der Waals surface area contributed by atoms with Gasteiger partial charge in [0.25, 0.3) is 0 Å². The molecule has 0 aromatic carbocycles. The van der Waals surface area contributed by atoms with Crippen molar-refractivity contribution in [1.29, 1.82) is 0 Å². The van der Waals surface area contributed by atoms with Crippen LogP contribution in [0.25, 0.3) is 0 Å². The van der Waals surface area contributed by atoms with Gasteiger partial charge < -0.3 is 9.64 Å². The summed E-state index contributed by atoms with van der Waals surface area (Å²) >= 11 is 1.84.